The number of benzene rings is 1. The first kappa shape index (κ1) is 21.0. The van der Waals surface area contributed by atoms with Gasteiger partial charge in [0.25, 0.3) is 0 Å². The Hall–Kier alpha value is -2.25. The Balaban J connectivity index is 1.46. The lowest BCUT2D eigenvalue weighted by Crippen LogP contribution is -2.31. The number of rotatable bonds is 3. The van der Waals surface area contributed by atoms with Crippen LogP contribution in [0, 0.1) is 0 Å². The number of hydrogen-bond donors (Lipinski definition) is 0. The fraction of sp³-hybridized carbons (Fsp3) is 0.391. The zero-order valence-electron chi connectivity index (χ0n) is 17.3. The lowest BCUT2D eigenvalue weighted by Gasteiger charge is -2.28. The minimum atomic E-state index is -4.33. The molecule has 0 N–H and O–H groups in total. The molecular weight excluding hydrogens is 407 g/mol. The van der Waals surface area contributed by atoms with E-state index in [0.29, 0.717) is 5.56 Å². The van der Waals surface area contributed by atoms with Gasteiger partial charge in [0.2, 0.25) is 0 Å². The van der Waals surface area contributed by atoms with Crippen LogP contribution in [0.1, 0.15) is 48.3 Å². The van der Waals surface area contributed by atoms with Gasteiger partial charge < -0.3 is 0 Å². The fourth-order valence-electron chi connectivity index (χ4n) is 3.56. The zero-order valence-corrected chi connectivity index (χ0v) is 18.1. The van der Waals surface area contributed by atoms with Gasteiger partial charge in [0, 0.05) is 58.7 Å². The van der Waals surface area contributed by atoms with Crippen molar-refractivity contribution in [1.29, 1.82) is 0 Å². The summed E-state index contributed by atoms with van der Waals surface area (Å²) in [5, 5.41) is 0. The summed E-state index contributed by atoms with van der Waals surface area (Å²) in [5.41, 5.74) is 2.21. The van der Waals surface area contributed by atoms with E-state index in [1.165, 1.54) is 12.1 Å². The fourth-order valence-corrected chi connectivity index (χ4v) is 4.60. The first-order chi connectivity index (χ1) is 14.1. The van der Waals surface area contributed by atoms with Crippen molar-refractivity contribution in [3.8, 4) is 10.4 Å². The highest BCUT2D eigenvalue weighted by Crippen LogP contribution is 2.35. The van der Waals surface area contributed by atoms with Crippen LogP contribution in [0.2, 0.25) is 0 Å². The SMILES string of the molecule is CC(C)(C)c1ncc2c(n1)CCN(Cc1ccc(-c3cccc(C(F)(F)F)c3)s1)C2. The highest BCUT2D eigenvalue weighted by atomic mass is 32.1. The van der Waals surface area contributed by atoms with Crippen LogP contribution >= 0.6 is 11.3 Å². The molecule has 7 heteroatoms. The maximum atomic E-state index is 13.0. The van der Waals surface area contributed by atoms with E-state index in [1.54, 1.807) is 17.4 Å². The van der Waals surface area contributed by atoms with Crippen molar-refractivity contribution in [3.63, 3.8) is 0 Å². The molecule has 1 aliphatic rings. The molecule has 3 nitrogen and oxygen atoms in total. The molecule has 0 unspecified atom stereocenters. The Morgan fingerprint density at radius 1 is 1.10 bits per heavy atom. The number of thiophene rings is 1. The van der Waals surface area contributed by atoms with Gasteiger partial charge in [-0.2, -0.15) is 13.2 Å². The summed E-state index contributed by atoms with van der Waals surface area (Å²) in [4.78, 5) is 13.6. The number of hydrogen-bond acceptors (Lipinski definition) is 4. The van der Waals surface area contributed by atoms with Gasteiger partial charge in [0.15, 0.2) is 0 Å². The summed E-state index contributed by atoms with van der Waals surface area (Å²) in [5.74, 6) is 0.874. The number of alkyl halides is 3. The van der Waals surface area contributed by atoms with Gasteiger partial charge in [-0.15, -0.1) is 11.3 Å². The molecule has 158 valence electrons. The van der Waals surface area contributed by atoms with Crippen LogP contribution in [-0.2, 0) is 31.1 Å². The zero-order chi connectivity index (χ0) is 21.5. The number of nitrogens with zero attached hydrogens (tertiary/aromatic N) is 3. The predicted octanol–water partition coefficient (Wildman–Crippen LogP) is 6.08. The Kier molecular flexibility index (Phi) is 5.45. The Morgan fingerprint density at radius 2 is 1.90 bits per heavy atom. The molecule has 0 radical (unpaired) electrons. The quantitative estimate of drug-likeness (QED) is 0.503. The van der Waals surface area contributed by atoms with Crippen molar-refractivity contribution in [2.45, 2.75) is 51.9 Å². The second-order valence-corrected chi connectivity index (χ2v) is 9.89. The Morgan fingerprint density at radius 3 is 2.63 bits per heavy atom. The summed E-state index contributed by atoms with van der Waals surface area (Å²) >= 11 is 1.55. The molecule has 0 aliphatic carbocycles. The van der Waals surface area contributed by atoms with Gasteiger partial charge in [0.05, 0.1) is 5.56 Å². The largest absolute Gasteiger partial charge is 0.416 e. The normalized spacial score (nSPS) is 15.3. The number of aromatic nitrogens is 2. The molecule has 4 rings (SSSR count). The maximum absolute atomic E-state index is 13.0. The Bertz CT molecular complexity index is 1050. The van der Waals surface area contributed by atoms with E-state index in [-0.39, 0.29) is 5.41 Å². The van der Waals surface area contributed by atoms with Gasteiger partial charge >= 0.3 is 6.18 Å². The van der Waals surface area contributed by atoms with E-state index in [1.807, 2.05) is 18.3 Å². The summed E-state index contributed by atoms with van der Waals surface area (Å²) in [6.07, 6.45) is -1.50. The molecule has 1 aliphatic heterocycles. The molecule has 0 amide bonds. The molecule has 0 atom stereocenters. The molecule has 30 heavy (non-hydrogen) atoms. The molecule has 0 saturated carbocycles. The van der Waals surface area contributed by atoms with Crippen molar-refractivity contribution in [2.24, 2.45) is 0 Å². The molecular formula is C23H24F3N3S. The van der Waals surface area contributed by atoms with Crippen molar-refractivity contribution in [1.82, 2.24) is 14.9 Å². The second-order valence-electron chi connectivity index (χ2n) is 8.72. The van der Waals surface area contributed by atoms with Crippen molar-refractivity contribution in [2.75, 3.05) is 6.54 Å². The summed E-state index contributed by atoms with van der Waals surface area (Å²) < 4.78 is 39.0. The van der Waals surface area contributed by atoms with Gasteiger partial charge in [-0.25, -0.2) is 9.97 Å². The molecule has 0 bridgehead atoms. The minimum absolute atomic E-state index is 0.0665. The third kappa shape index (κ3) is 4.57. The predicted molar refractivity (Wildman–Crippen MR) is 113 cm³/mol. The van der Waals surface area contributed by atoms with Gasteiger partial charge in [-0.05, 0) is 29.8 Å². The molecule has 2 aromatic heterocycles. The molecule has 0 saturated heterocycles. The first-order valence-corrected chi connectivity index (χ1v) is 10.8. The summed E-state index contributed by atoms with van der Waals surface area (Å²) in [6.45, 7) is 8.80. The topological polar surface area (TPSA) is 29.0 Å². The van der Waals surface area contributed by atoms with E-state index < -0.39 is 11.7 Å². The average molecular weight is 432 g/mol. The molecule has 0 fully saturated rings. The molecule has 0 spiro atoms. The van der Waals surface area contributed by atoms with Crippen LogP contribution in [-0.4, -0.2) is 21.4 Å². The van der Waals surface area contributed by atoms with E-state index in [2.05, 4.69) is 30.7 Å². The second kappa shape index (κ2) is 7.78. The van der Waals surface area contributed by atoms with Crippen LogP contribution in [0.15, 0.2) is 42.6 Å². The van der Waals surface area contributed by atoms with Crippen molar-refractivity contribution >= 4 is 11.3 Å². The molecule has 1 aromatic carbocycles. The van der Waals surface area contributed by atoms with E-state index in [0.717, 1.165) is 59.0 Å². The number of fused-ring (bicyclic) bond motifs is 1. The highest BCUT2D eigenvalue weighted by molar-refractivity contribution is 7.15. The lowest BCUT2D eigenvalue weighted by atomic mass is 9.95. The maximum Gasteiger partial charge on any atom is 0.416 e. The smallest absolute Gasteiger partial charge is 0.293 e. The molecule has 3 aromatic rings. The van der Waals surface area contributed by atoms with E-state index in [9.17, 15) is 13.2 Å². The van der Waals surface area contributed by atoms with Gasteiger partial charge in [0.1, 0.15) is 5.82 Å². The third-order valence-corrected chi connectivity index (χ3v) is 6.32. The van der Waals surface area contributed by atoms with Crippen LogP contribution in [0.5, 0.6) is 0 Å². The van der Waals surface area contributed by atoms with Crippen molar-refractivity contribution in [3.05, 3.63) is 70.1 Å². The van der Waals surface area contributed by atoms with Crippen LogP contribution in [0.4, 0.5) is 13.2 Å². The summed E-state index contributed by atoms with van der Waals surface area (Å²) in [6, 6.07) is 9.44. The first-order valence-electron chi connectivity index (χ1n) is 9.93. The third-order valence-electron chi connectivity index (χ3n) is 5.20. The van der Waals surface area contributed by atoms with Crippen LogP contribution in [0.25, 0.3) is 10.4 Å². The summed E-state index contributed by atoms with van der Waals surface area (Å²) in [7, 11) is 0. The van der Waals surface area contributed by atoms with Gasteiger partial charge in [-0.3, -0.25) is 4.90 Å². The standard InChI is InChI=1S/C23H24F3N3S/c1-22(2,3)21-27-12-16-13-29(10-9-19(16)28-21)14-18-7-8-20(30-18)15-5-4-6-17(11-15)23(24,25)26/h4-8,11-12H,9-10,13-14H2,1-3H3. The lowest BCUT2D eigenvalue weighted by molar-refractivity contribution is -0.137. The van der Waals surface area contributed by atoms with Crippen LogP contribution < -0.4 is 0 Å². The monoisotopic (exact) mass is 431 g/mol. The van der Waals surface area contributed by atoms with E-state index >= 15 is 0 Å². The highest BCUT2D eigenvalue weighted by Gasteiger charge is 2.30. The minimum Gasteiger partial charge on any atom is -0.293 e. The van der Waals surface area contributed by atoms with Crippen LogP contribution in [0.3, 0.4) is 0 Å². The molecule has 3 heterocycles. The van der Waals surface area contributed by atoms with E-state index in [4.69, 9.17) is 4.98 Å². The van der Waals surface area contributed by atoms with Crippen molar-refractivity contribution < 1.29 is 13.2 Å². The average Bonchev–Trinajstić information content (AvgIpc) is 3.15. The Labute approximate surface area is 178 Å². The van der Waals surface area contributed by atoms with Gasteiger partial charge in [-0.1, -0.05) is 32.9 Å². The number of halogens is 3.